The molecule has 0 bridgehead atoms. The molecular weight excluding hydrogens is 280 g/mol. The first-order valence-electron chi connectivity index (χ1n) is 7.19. The highest BCUT2D eigenvalue weighted by Gasteiger charge is 2.14. The molecule has 116 valence electrons. The van der Waals surface area contributed by atoms with Crippen LogP contribution >= 0.6 is 0 Å². The predicted molar refractivity (Wildman–Crippen MR) is 85.2 cm³/mol. The minimum absolute atomic E-state index is 0.00717. The molecular formula is C16H20N4O2. The number of nitrogens with two attached hydrogens (primary N) is 1. The van der Waals surface area contributed by atoms with Gasteiger partial charge in [-0.05, 0) is 32.4 Å². The lowest BCUT2D eigenvalue weighted by atomic mass is 10.2. The molecule has 1 aromatic carbocycles. The number of amides is 1. The predicted octanol–water partition coefficient (Wildman–Crippen LogP) is 1.01. The largest absolute Gasteiger partial charge is 0.350 e. The van der Waals surface area contributed by atoms with Crippen molar-refractivity contribution < 1.29 is 4.79 Å². The number of rotatable bonds is 5. The lowest BCUT2D eigenvalue weighted by molar-refractivity contribution is 0.0945. The average molecular weight is 300 g/mol. The highest BCUT2D eigenvalue weighted by Crippen LogP contribution is 2.07. The van der Waals surface area contributed by atoms with Gasteiger partial charge in [-0.25, -0.2) is 4.68 Å². The number of aryl methyl sites for hydroxylation is 1. The van der Waals surface area contributed by atoms with Crippen molar-refractivity contribution in [3.63, 3.8) is 0 Å². The van der Waals surface area contributed by atoms with E-state index < -0.39 is 5.91 Å². The molecule has 2 rings (SSSR count). The van der Waals surface area contributed by atoms with Gasteiger partial charge in [-0.3, -0.25) is 9.59 Å². The average Bonchev–Trinajstić information content (AvgIpc) is 2.47. The van der Waals surface area contributed by atoms with E-state index in [1.54, 1.807) is 11.6 Å². The third-order valence-electron chi connectivity index (χ3n) is 3.21. The highest BCUT2D eigenvalue weighted by molar-refractivity contribution is 5.92. The summed E-state index contributed by atoms with van der Waals surface area (Å²) in [5.41, 5.74) is 6.60. The quantitative estimate of drug-likeness (QED) is 0.862. The smallest absolute Gasteiger partial charge is 0.275 e. The minimum Gasteiger partial charge on any atom is -0.350 e. The van der Waals surface area contributed by atoms with Gasteiger partial charge in [-0.15, -0.1) is 0 Å². The molecule has 22 heavy (non-hydrogen) atoms. The Morgan fingerprint density at radius 3 is 2.68 bits per heavy atom. The topological polar surface area (TPSA) is 90.0 Å². The lowest BCUT2D eigenvalue weighted by Crippen LogP contribution is -2.34. The van der Waals surface area contributed by atoms with E-state index >= 15 is 0 Å². The first-order valence-corrected chi connectivity index (χ1v) is 7.19. The van der Waals surface area contributed by atoms with Crippen LogP contribution in [0, 0.1) is 6.92 Å². The molecule has 1 heterocycles. The minimum atomic E-state index is -0.477. The van der Waals surface area contributed by atoms with Crippen molar-refractivity contribution in [2.75, 3.05) is 6.54 Å². The monoisotopic (exact) mass is 300 g/mol. The summed E-state index contributed by atoms with van der Waals surface area (Å²) in [5.74, 6) is -0.477. The summed E-state index contributed by atoms with van der Waals surface area (Å²) >= 11 is 0. The standard InChI is InChI=1S/C16H20N4O2/c1-11(17)8-9-18-16(22)15-14(21)10-12(2)20(19-15)13-6-4-3-5-7-13/h3-7,10-11H,8-9,17H2,1-2H3,(H,18,22). The molecule has 0 radical (unpaired) electrons. The first kappa shape index (κ1) is 15.9. The molecule has 1 amide bonds. The van der Waals surface area contributed by atoms with E-state index in [2.05, 4.69) is 10.4 Å². The molecule has 6 heteroatoms. The molecule has 0 fully saturated rings. The summed E-state index contributed by atoms with van der Waals surface area (Å²) in [7, 11) is 0. The molecule has 0 aliphatic carbocycles. The number of carbonyl (C=O) groups excluding carboxylic acids is 1. The molecule has 0 aliphatic heterocycles. The Morgan fingerprint density at radius 1 is 1.36 bits per heavy atom. The van der Waals surface area contributed by atoms with Gasteiger partial charge in [0.2, 0.25) is 5.43 Å². The summed E-state index contributed by atoms with van der Waals surface area (Å²) in [6, 6.07) is 10.8. The molecule has 0 aliphatic rings. The molecule has 0 saturated heterocycles. The van der Waals surface area contributed by atoms with Crippen LogP contribution in [0.4, 0.5) is 0 Å². The number of hydrogen-bond acceptors (Lipinski definition) is 4. The van der Waals surface area contributed by atoms with Crippen LogP contribution in [0.5, 0.6) is 0 Å². The van der Waals surface area contributed by atoms with Crippen molar-refractivity contribution in [3.05, 3.63) is 58.0 Å². The van der Waals surface area contributed by atoms with Crippen molar-refractivity contribution in [3.8, 4) is 5.69 Å². The van der Waals surface area contributed by atoms with Gasteiger partial charge in [-0.1, -0.05) is 18.2 Å². The van der Waals surface area contributed by atoms with E-state index in [1.165, 1.54) is 6.07 Å². The van der Waals surface area contributed by atoms with Gasteiger partial charge >= 0.3 is 0 Å². The van der Waals surface area contributed by atoms with Gasteiger partial charge in [0.15, 0.2) is 5.69 Å². The van der Waals surface area contributed by atoms with Gasteiger partial charge in [0.05, 0.1) is 5.69 Å². The Kier molecular flexibility index (Phi) is 5.06. The summed E-state index contributed by atoms with van der Waals surface area (Å²) in [6.07, 6.45) is 0.643. The fourth-order valence-electron chi connectivity index (χ4n) is 2.03. The maximum Gasteiger partial charge on any atom is 0.275 e. The third-order valence-corrected chi connectivity index (χ3v) is 3.21. The van der Waals surface area contributed by atoms with Gasteiger partial charge in [-0.2, -0.15) is 5.10 Å². The second-order valence-corrected chi connectivity index (χ2v) is 5.27. The number of para-hydroxylation sites is 1. The van der Waals surface area contributed by atoms with Crippen molar-refractivity contribution in [2.24, 2.45) is 5.73 Å². The number of benzene rings is 1. The van der Waals surface area contributed by atoms with Crippen LogP contribution < -0.4 is 16.5 Å². The molecule has 1 unspecified atom stereocenters. The van der Waals surface area contributed by atoms with Crippen LogP contribution in [0.2, 0.25) is 0 Å². The third kappa shape index (κ3) is 3.79. The Bertz CT molecular complexity index is 708. The van der Waals surface area contributed by atoms with E-state index in [-0.39, 0.29) is 17.2 Å². The summed E-state index contributed by atoms with van der Waals surface area (Å²) < 4.78 is 1.59. The van der Waals surface area contributed by atoms with Gasteiger partial charge in [0.25, 0.3) is 5.91 Å². The lowest BCUT2D eigenvalue weighted by Gasteiger charge is -2.11. The zero-order valence-electron chi connectivity index (χ0n) is 12.7. The SMILES string of the molecule is Cc1cc(=O)c(C(=O)NCCC(C)N)nn1-c1ccccc1. The highest BCUT2D eigenvalue weighted by atomic mass is 16.2. The van der Waals surface area contributed by atoms with Crippen molar-refractivity contribution in [1.29, 1.82) is 0 Å². The van der Waals surface area contributed by atoms with Gasteiger partial charge < -0.3 is 11.1 Å². The molecule has 0 spiro atoms. The Labute approximate surface area is 129 Å². The van der Waals surface area contributed by atoms with Gasteiger partial charge in [0.1, 0.15) is 0 Å². The van der Waals surface area contributed by atoms with Crippen LogP contribution in [0.15, 0.2) is 41.2 Å². The van der Waals surface area contributed by atoms with E-state index in [9.17, 15) is 9.59 Å². The zero-order valence-corrected chi connectivity index (χ0v) is 12.7. The zero-order chi connectivity index (χ0) is 16.1. The number of hydrogen-bond donors (Lipinski definition) is 2. The second-order valence-electron chi connectivity index (χ2n) is 5.27. The molecule has 3 N–H and O–H groups in total. The van der Waals surface area contributed by atoms with E-state index in [0.717, 1.165) is 5.69 Å². The van der Waals surface area contributed by atoms with Crippen LogP contribution in [0.25, 0.3) is 5.69 Å². The van der Waals surface area contributed by atoms with Crippen LogP contribution in [0.3, 0.4) is 0 Å². The van der Waals surface area contributed by atoms with Crippen molar-refractivity contribution in [2.45, 2.75) is 26.3 Å². The van der Waals surface area contributed by atoms with Crippen LogP contribution in [0.1, 0.15) is 29.5 Å². The number of aromatic nitrogens is 2. The Balaban J connectivity index is 2.29. The van der Waals surface area contributed by atoms with E-state index in [4.69, 9.17) is 5.73 Å². The number of nitrogens with one attached hydrogen (secondary N) is 1. The normalized spacial score (nSPS) is 12.0. The fourth-order valence-corrected chi connectivity index (χ4v) is 2.03. The number of nitrogens with zero attached hydrogens (tertiary/aromatic N) is 2. The maximum atomic E-state index is 12.1. The van der Waals surface area contributed by atoms with Crippen molar-refractivity contribution >= 4 is 5.91 Å². The van der Waals surface area contributed by atoms with E-state index in [1.807, 2.05) is 37.3 Å². The van der Waals surface area contributed by atoms with Gasteiger partial charge in [0, 0.05) is 24.3 Å². The fraction of sp³-hybridized carbons (Fsp3) is 0.312. The van der Waals surface area contributed by atoms with Crippen LogP contribution in [-0.4, -0.2) is 28.3 Å². The first-order chi connectivity index (χ1) is 10.5. The summed E-state index contributed by atoms with van der Waals surface area (Å²) in [4.78, 5) is 24.1. The molecule has 0 saturated carbocycles. The van der Waals surface area contributed by atoms with E-state index in [0.29, 0.717) is 18.7 Å². The molecule has 1 atom stereocenters. The maximum absolute atomic E-state index is 12.1. The number of carbonyl (C=O) groups is 1. The molecule has 6 nitrogen and oxygen atoms in total. The summed E-state index contributed by atoms with van der Waals surface area (Å²) in [5, 5.41) is 6.88. The Morgan fingerprint density at radius 2 is 2.05 bits per heavy atom. The molecule has 2 aromatic rings. The van der Waals surface area contributed by atoms with Crippen molar-refractivity contribution in [1.82, 2.24) is 15.1 Å². The molecule has 1 aromatic heterocycles. The van der Waals surface area contributed by atoms with Crippen LogP contribution in [-0.2, 0) is 0 Å². The second kappa shape index (κ2) is 7.00. The Hall–Kier alpha value is -2.47. The summed E-state index contributed by atoms with van der Waals surface area (Å²) in [6.45, 7) is 4.05.